The minimum absolute atomic E-state index is 0.156. The molecule has 2 nitrogen and oxygen atoms in total. The Hall–Kier alpha value is -0.510. The third-order valence-electron chi connectivity index (χ3n) is 3.06. The van der Waals surface area contributed by atoms with Crippen molar-refractivity contribution in [1.82, 2.24) is 5.32 Å². The van der Waals surface area contributed by atoms with Crippen LogP contribution in [0.25, 0.3) is 0 Å². The standard InChI is InChI=1S/C13H19NOS/c1-9-8-16-12-6-4-3-5-11(12)13(9)14-10(2)7-15/h3-6,9-10,13-15H,7-8H2,1-2H3/t9?,10-,13?/m0/s1. The van der Waals surface area contributed by atoms with E-state index in [0.29, 0.717) is 12.0 Å². The summed E-state index contributed by atoms with van der Waals surface area (Å²) in [5.74, 6) is 1.75. The van der Waals surface area contributed by atoms with Gasteiger partial charge in [-0.1, -0.05) is 25.1 Å². The second-order valence-electron chi connectivity index (χ2n) is 4.55. The lowest BCUT2D eigenvalue weighted by Gasteiger charge is -2.33. The predicted molar refractivity (Wildman–Crippen MR) is 68.8 cm³/mol. The van der Waals surface area contributed by atoms with E-state index in [4.69, 9.17) is 5.11 Å². The zero-order valence-corrected chi connectivity index (χ0v) is 10.6. The minimum Gasteiger partial charge on any atom is -0.395 e. The van der Waals surface area contributed by atoms with Crippen molar-refractivity contribution < 1.29 is 5.11 Å². The zero-order chi connectivity index (χ0) is 11.5. The second kappa shape index (κ2) is 5.21. The maximum absolute atomic E-state index is 9.13. The highest BCUT2D eigenvalue weighted by molar-refractivity contribution is 7.99. The summed E-state index contributed by atoms with van der Waals surface area (Å²) in [4.78, 5) is 1.38. The summed E-state index contributed by atoms with van der Waals surface area (Å²) in [6.45, 7) is 4.49. The van der Waals surface area contributed by atoms with Gasteiger partial charge in [-0.25, -0.2) is 0 Å². The van der Waals surface area contributed by atoms with Crippen LogP contribution in [0.3, 0.4) is 0 Å². The average molecular weight is 237 g/mol. The summed E-state index contributed by atoms with van der Waals surface area (Å²) in [6.07, 6.45) is 0. The molecule has 2 unspecified atom stereocenters. The highest BCUT2D eigenvalue weighted by Gasteiger charge is 2.27. The lowest BCUT2D eigenvalue weighted by Crippen LogP contribution is -2.38. The van der Waals surface area contributed by atoms with Gasteiger partial charge in [-0.2, -0.15) is 0 Å². The minimum atomic E-state index is 0.156. The van der Waals surface area contributed by atoms with Crippen LogP contribution in [-0.4, -0.2) is 23.5 Å². The fraction of sp³-hybridized carbons (Fsp3) is 0.538. The average Bonchev–Trinajstić information content (AvgIpc) is 2.32. The van der Waals surface area contributed by atoms with Gasteiger partial charge < -0.3 is 10.4 Å². The Kier molecular flexibility index (Phi) is 3.90. The molecule has 0 fully saturated rings. The van der Waals surface area contributed by atoms with E-state index in [2.05, 4.69) is 36.5 Å². The van der Waals surface area contributed by atoms with Crippen molar-refractivity contribution in [2.45, 2.75) is 30.8 Å². The molecule has 0 bridgehead atoms. The van der Waals surface area contributed by atoms with Gasteiger partial charge in [0.15, 0.2) is 0 Å². The smallest absolute Gasteiger partial charge is 0.0582 e. The third kappa shape index (κ3) is 2.42. The van der Waals surface area contributed by atoms with Crippen molar-refractivity contribution in [1.29, 1.82) is 0 Å². The molecule has 1 aromatic rings. The van der Waals surface area contributed by atoms with Crippen molar-refractivity contribution in [3.8, 4) is 0 Å². The van der Waals surface area contributed by atoms with Gasteiger partial charge in [-0.05, 0) is 24.5 Å². The first kappa shape index (κ1) is 12.0. The van der Waals surface area contributed by atoms with E-state index in [1.165, 1.54) is 10.5 Å². The Morgan fingerprint density at radius 1 is 1.50 bits per heavy atom. The van der Waals surface area contributed by atoms with Crippen molar-refractivity contribution in [2.75, 3.05) is 12.4 Å². The highest BCUT2D eigenvalue weighted by atomic mass is 32.2. The molecular formula is C13H19NOS. The monoisotopic (exact) mass is 237 g/mol. The maximum Gasteiger partial charge on any atom is 0.0582 e. The Morgan fingerprint density at radius 2 is 2.25 bits per heavy atom. The topological polar surface area (TPSA) is 32.3 Å². The van der Waals surface area contributed by atoms with Crippen LogP contribution in [0.1, 0.15) is 25.5 Å². The summed E-state index contributed by atoms with van der Waals surface area (Å²) in [7, 11) is 0. The molecule has 0 amide bonds. The summed E-state index contributed by atoms with van der Waals surface area (Å²) >= 11 is 1.93. The number of hydrogen-bond acceptors (Lipinski definition) is 3. The van der Waals surface area contributed by atoms with E-state index >= 15 is 0 Å². The van der Waals surface area contributed by atoms with E-state index < -0.39 is 0 Å². The number of rotatable bonds is 3. The van der Waals surface area contributed by atoms with Gasteiger partial charge in [0.05, 0.1) is 6.61 Å². The van der Waals surface area contributed by atoms with Crippen LogP contribution in [0, 0.1) is 5.92 Å². The SMILES string of the molecule is CC1CSc2ccccc2C1N[C@@H](C)CO. The molecule has 2 N–H and O–H groups in total. The molecular weight excluding hydrogens is 218 g/mol. The first-order chi connectivity index (χ1) is 7.72. The molecule has 1 aromatic carbocycles. The molecule has 1 heterocycles. The third-order valence-corrected chi connectivity index (χ3v) is 4.44. The highest BCUT2D eigenvalue weighted by Crippen LogP contribution is 2.39. The molecule has 3 heteroatoms. The Bertz CT molecular complexity index is 356. The molecule has 0 saturated carbocycles. The molecule has 0 radical (unpaired) electrons. The van der Waals surface area contributed by atoms with E-state index in [1.54, 1.807) is 0 Å². The van der Waals surface area contributed by atoms with E-state index in [-0.39, 0.29) is 12.6 Å². The van der Waals surface area contributed by atoms with Crippen LogP contribution in [0.2, 0.25) is 0 Å². The van der Waals surface area contributed by atoms with Crippen molar-refractivity contribution in [2.24, 2.45) is 5.92 Å². The number of aliphatic hydroxyl groups excluding tert-OH is 1. The number of hydrogen-bond donors (Lipinski definition) is 2. The fourth-order valence-corrected chi connectivity index (χ4v) is 3.28. The Labute approximate surface area is 101 Å². The largest absolute Gasteiger partial charge is 0.395 e. The molecule has 88 valence electrons. The number of thioether (sulfide) groups is 1. The normalized spacial score (nSPS) is 26.2. The first-order valence-corrected chi connectivity index (χ1v) is 6.79. The van der Waals surface area contributed by atoms with Crippen molar-refractivity contribution in [3.05, 3.63) is 29.8 Å². The summed E-state index contributed by atoms with van der Waals surface area (Å²) in [5, 5.41) is 12.6. The molecule has 1 aliphatic rings. The van der Waals surface area contributed by atoms with Gasteiger partial charge in [0.2, 0.25) is 0 Å². The summed E-state index contributed by atoms with van der Waals surface area (Å²) in [6, 6.07) is 9.09. The number of benzene rings is 1. The van der Waals surface area contributed by atoms with Gasteiger partial charge in [0.25, 0.3) is 0 Å². The van der Waals surface area contributed by atoms with Gasteiger partial charge in [-0.3, -0.25) is 0 Å². The quantitative estimate of drug-likeness (QED) is 0.847. The Balaban J connectivity index is 2.22. The fourth-order valence-electron chi connectivity index (χ4n) is 2.11. The number of aliphatic hydroxyl groups is 1. The van der Waals surface area contributed by atoms with Crippen LogP contribution in [0.4, 0.5) is 0 Å². The maximum atomic E-state index is 9.13. The second-order valence-corrected chi connectivity index (χ2v) is 5.62. The van der Waals surface area contributed by atoms with E-state index in [9.17, 15) is 0 Å². The number of nitrogens with one attached hydrogen (secondary N) is 1. The van der Waals surface area contributed by atoms with Crippen LogP contribution in [0.15, 0.2) is 29.2 Å². The first-order valence-electron chi connectivity index (χ1n) is 5.81. The molecule has 0 aliphatic carbocycles. The summed E-state index contributed by atoms with van der Waals surface area (Å²) < 4.78 is 0. The molecule has 16 heavy (non-hydrogen) atoms. The van der Waals surface area contributed by atoms with Crippen LogP contribution in [-0.2, 0) is 0 Å². The van der Waals surface area contributed by atoms with Crippen LogP contribution < -0.4 is 5.32 Å². The van der Waals surface area contributed by atoms with E-state index in [0.717, 1.165) is 5.75 Å². The van der Waals surface area contributed by atoms with Gasteiger partial charge in [0.1, 0.15) is 0 Å². The molecule has 1 aliphatic heterocycles. The predicted octanol–water partition coefficient (Wildman–Crippen LogP) is 2.44. The molecule has 2 rings (SSSR count). The van der Waals surface area contributed by atoms with E-state index in [1.807, 2.05) is 18.7 Å². The van der Waals surface area contributed by atoms with Crippen molar-refractivity contribution in [3.63, 3.8) is 0 Å². The van der Waals surface area contributed by atoms with Gasteiger partial charge >= 0.3 is 0 Å². The number of fused-ring (bicyclic) bond motifs is 1. The lowest BCUT2D eigenvalue weighted by molar-refractivity contribution is 0.229. The Morgan fingerprint density at radius 3 is 3.00 bits per heavy atom. The van der Waals surface area contributed by atoms with Crippen LogP contribution in [0.5, 0.6) is 0 Å². The molecule has 0 spiro atoms. The molecule has 0 saturated heterocycles. The summed E-state index contributed by atoms with van der Waals surface area (Å²) in [5.41, 5.74) is 1.38. The molecule has 3 atom stereocenters. The lowest BCUT2D eigenvalue weighted by atomic mass is 9.94. The van der Waals surface area contributed by atoms with Crippen LogP contribution >= 0.6 is 11.8 Å². The molecule has 0 aromatic heterocycles. The van der Waals surface area contributed by atoms with Crippen molar-refractivity contribution >= 4 is 11.8 Å². The zero-order valence-electron chi connectivity index (χ0n) is 9.81. The van der Waals surface area contributed by atoms with Gasteiger partial charge in [0, 0.05) is 22.7 Å². The van der Waals surface area contributed by atoms with Gasteiger partial charge in [-0.15, -0.1) is 11.8 Å².